The van der Waals surface area contributed by atoms with E-state index >= 15 is 0 Å². The maximum atomic E-state index is 12.3. The first-order valence-electron chi connectivity index (χ1n) is 6.18. The van der Waals surface area contributed by atoms with Crippen LogP contribution in [0.2, 0.25) is 0 Å². The zero-order valence-electron chi connectivity index (χ0n) is 11.8. The van der Waals surface area contributed by atoms with E-state index in [1.165, 1.54) is 14.2 Å². The van der Waals surface area contributed by atoms with Gasteiger partial charge in [0.25, 0.3) is 0 Å². The Kier molecular flexibility index (Phi) is 5.37. The average Bonchev–Trinajstić information content (AvgIpc) is 2.42. The zero-order chi connectivity index (χ0) is 14.4. The molecule has 0 saturated carbocycles. The van der Waals surface area contributed by atoms with Gasteiger partial charge < -0.3 is 9.47 Å². The summed E-state index contributed by atoms with van der Waals surface area (Å²) in [5, 5.41) is 9.13. The van der Waals surface area contributed by atoms with Crippen LogP contribution in [0.3, 0.4) is 0 Å². The van der Waals surface area contributed by atoms with Crippen molar-refractivity contribution in [2.24, 2.45) is 11.8 Å². The molecular weight excluding hydrogens is 242 g/mol. The molecule has 1 aromatic rings. The van der Waals surface area contributed by atoms with Crippen LogP contribution in [0.15, 0.2) is 18.2 Å². The van der Waals surface area contributed by atoms with Gasteiger partial charge in [0.15, 0.2) is 5.78 Å². The molecule has 0 saturated heterocycles. The summed E-state index contributed by atoms with van der Waals surface area (Å²) >= 11 is 0. The average molecular weight is 261 g/mol. The van der Waals surface area contributed by atoms with Gasteiger partial charge in [0.2, 0.25) is 0 Å². The summed E-state index contributed by atoms with van der Waals surface area (Å²) in [6.07, 6.45) is 0.550. The quantitative estimate of drug-likeness (QED) is 0.738. The highest BCUT2D eigenvalue weighted by Crippen LogP contribution is 2.25. The Morgan fingerprint density at radius 1 is 1.21 bits per heavy atom. The molecule has 0 N–H and O–H groups in total. The van der Waals surface area contributed by atoms with Gasteiger partial charge in [-0.2, -0.15) is 5.26 Å². The molecule has 4 nitrogen and oxygen atoms in total. The van der Waals surface area contributed by atoms with Gasteiger partial charge in [-0.05, 0) is 24.5 Å². The first-order chi connectivity index (χ1) is 9.01. The van der Waals surface area contributed by atoms with Crippen molar-refractivity contribution in [1.29, 1.82) is 5.26 Å². The first kappa shape index (κ1) is 15.0. The van der Waals surface area contributed by atoms with Crippen LogP contribution in [0.4, 0.5) is 0 Å². The van der Waals surface area contributed by atoms with Crippen LogP contribution in [0.5, 0.6) is 11.5 Å². The van der Waals surface area contributed by atoms with E-state index < -0.39 is 5.92 Å². The van der Waals surface area contributed by atoms with Gasteiger partial charge in [-0.1, -0.05) is 13.8 Å². The molecule has 0 spiro atoms. The number of ether oxygens (including phenoxy) is 2. The molecule has 0 fully saturated rings. The van der Waals surface area contributed by atoms with Crippen LogP contribution in [0.1, 0.15) is 30.6 Å². The second-order valence-electron chi connectivity index (χ2n) is 4.78. The Morgan fingerprint density at radius 2 is 1.74 bits per heavy atom. The van der Waals surface area contributed by atoms with Gasteiger partial charge >= 0.3 is 0 Å². The monoisotopic (exact) mass is 261 g/mol. The van der Waals surface area contributed by atoms with E-state index in [-0.39, 0.29) is 5.78 Å². The van der Waals surface area contributed by atoms with E-state index in [0.29, 0.717) is 29.4 Å². The third kappa shape index (κ3) is 3.99. The predicted molar refractivity (Wildman–Crippen MR) is 72.4 cm³/mol. The number of rotatable bonds is 6. The number of benzene rings is 1. The number of nitrogens with zero attached hydrogens (tertiary/aromatic N) is 1. The third-order valence-corrected chi connectivity index (χ3v) is 2.82. The number of Topliss-reactive ketones (excluding diaryl/α,β-unsaturated/α-hetero) is 1. The molecule has 0 aromatic heterocycles. The number of carbonyl (C=O) groups is 1. The molecule has 1 unspecified atom stereocenters. The summed E-state index contributed by atoms with van der Waals surface area (Å²) in [5.41, 5.74) is 0.448. The van der Waals surface area contributed by atoms with Crippen LogP contribution < -0.4 is 9.47 Å². The van der Waals surface area contributed by atoms with Crippen molar-refractivity contribution in [3.63, 3.8) is 0 Å². The Morgan fingerprint density at radius 3 is 2.11 bits per heavy atom. The number of hydrogen-bond acceptors (Lipinski definition) is 4. The zero-order valence-corrected chi connectivity index (χ0v) is 11.8. The minimum Gasteiger partial charge on any atom is -0.497 e. The van der Waals surface area contributed by atoms with Crippen molar-refractivity contribution < 1.29 is 14.3 Å². The Hall–Kier alpha value is -2.02. The Labute approximate surface area is 113 Å². The van der Waals surface area contributed by atoms with Crippen LogP contribution in [0.25, 0.3) is 0 Å². The van der Waals surface area contributed by atoms with E-state index in [2.05, 4.69) is 6.07 Å². The molecule has 1 atom stereocenters. The molecule has 1 aromatic carbocycles. The molecule has 4 heteroatoms. The maximum Gasteiger partial charge on any atom is 0.180 e. The lowest BCUT2D eigenvalue weighted by Crippen LogP contribution is -2.15. The second-order valence-corrected chi connectivity index (χ2v) is 4.78. The van der Waals surface area contributed by atoms with Crippen molar-refractivity contribution in [1.82, 2.24) is 0 Å². The summed E-state index contributed by atoms with van der Waals surface area (Å²) in [7, 11) is 3.05. The SMILES string of the molecule is COc1cc(OC)cc(C(=O)C(C#N)CC(C)C)c1. The molecular formula is C15H19NO3. The van der Waals surface area contributed by atoms with Gasteiger partial charge in [0.05, 0.1) is 20.3 Å². The molecule has 0 aliphatic carbocycles. The smallest absolute Gasteiger partial charge is 0.180 e. The number of nitriles is 1. The highest BCUT2D eigenvalue weighted by Gasteiger charge is 2.22. The van der Waals surface area contributed by atoms with Crippen molar-refractivity contribution >= 4 is 5.78 Å². The van der Waals surface area contributed by atoms with Crippen molar-refractivity contribution in [2.75, 3.05) is 14.2 Å². The van der Waals surface area contributed by atoms with E-state index in [1.807, 2.05) is 13.8 Å². The van der Waals surface area contributed by atoms with E-state index in [0.717, 1.165) is 0 Å². The Bertz CT molecular complexity index is 466. The minimum absolute atomic E-state index is 0.187. The summed E-state index contributed by atoms with van der Waals surface area (Å²) in [6, 6.07) is 7.04. The van der Waals surface area contributed by atoms with E-state index in [4.69, 9.17) is 14.7 Å². The molecule has 102 valence electrons. The summed E-state index contributed by atoms with van der Waals surface area (Å²) < 4.78 is 10.3. The number of methoxy groups -OCH3 is 2. The second kappa shape index (κ2) is 6.79. The van der Waals surface area contributed by atoms with Gasteiger partial charge in [-0.25, -0.2) is 0 Å². The van der Waals surface area contributed by atoms with E-state index in [1.54, 1.807) is 18.2 Å². The lowest BCUT2D eigenvalue weighted by molar-refractivity contribution is 0.0936. The fourth-order valence-electron chi connectivity index (χ4n) is 1.84. The topological polar surface area (TPSA) is 59.3 Å². The largest absolute Gasteiger partial charge is 0.497 e. The van der Waals surface area contributed by atoms with Gasteiger partial charge in [-0.15, -0.1) is 0 Å². The van der Waals surface area contributed by atoms with Gasteiger partial charge in [0.1, 0.15) is 17.4 Å². The van der Waals surface area contributed by atoms with Crippen LogP contribution >= 0.6 is 0 Å². The van der Waals surface area contributed by atoms with Crippen molar-refractivity contribution in [3.05, 3.63) is 23.8 Å². The number of carbonyl (C=O) groups excluding carboxylic acids is 1. The molecule has 0 amide bonds. The van der Waals surface area contributed by atoms with Gasteiger partial charge in [0, 0.05) is 11.6 Å². The summed E-state index contributed by atoms with van der Waals surface area (Å²) in [5.74, 6) is 0.569. The standard InChI is InChI=1S/C15H19NO3/c1-10(2)5-12(9-16)15(17)11-6-13(18-3)8-14(7-11)19-4/h6-8,10,12H,5H2,1-4H3. The molecule has 0 radical (unpaired) electrons. The normalized spacial score (nSPS) is 11.8. The summed E-state index contributed by atoms with van der Waals surface area (Å²) in [4.78, 5) is 12.3. The lowest BCUT2D eigenvalue weighted by atomic mass is 9.91. The molecule has 0 aliphatic rings. The lowest BCUT2D eigenvalue weighted by Gasteiger charge is -2.12. The molecule has 19 heavy (non-hydrogen) atoms. The third-order valence-electron chi connectivity index (χ3n) is 2.82. The van der Waals surface area contributed by atoms with E-state index in [9.17, 15) is 4.79 Å². The highest BCUT2D eigenvalue weighted by atomic mass is 16.5. The maximum absolute atomic E-state index is 12.3. The van der Waals surface area contributed by atoms with Crippen LogP contribution in [-0.4, -0.2) is 20.0 Å². The minimum atomic E-state index is -0.628. The fraction of sp³-hybridized carbons (Fsp3) is 0.467. The Balaban J connectivity index is 3.07. The highest BCUT2D eigenvalue weighted by molar-refractivity contribution is 6.00. The van der Waals surface area contributed by atoms with Crippen LogP contribution in [0, 0.1) is 23.2 Å². The van der Waals surface area contributed by atoms with Crippen LogP contribution in [-0.2, 0) is 0 Å². The summed E-state index contributed by atoms with van der Waals surface area (Å²) in [6.45, 7) is 3.98. The van der Waals surface area contributed by atoms with Crippen molar-refractivity contribution in [3.8, 4) is 17.6 Å². The first-order valence-corrected chi connectivity index (χ1v) is 6.18. The number of hydrogen-bond donors (Lipinski definition) is 0. The predicted octanol–water partition coefficient (Wildman–Crippen LogP) is 3.07. The molecule has 0 heterocycles. The molecule has 0 aliphatic heterocycles. The molecule has 1 rings (SSSR count). The van der Waals surface area contributed by atoms with Gasteiger partial charge in [-0.3, -0.25) is 4.79 Å². The number of ketones is 1. The fourth-order valence-corrected chi connectivity index (χ4v) is 1.84. The molecule has 0 bridgehead atoms. The van der Waals surface area contributed by atoms with Crippen molar-refractivity contribution in [2.45, 2.75) is 20.3 Å².